The molecule has 0 aliphatic heterocycles. The van der Waals surface area contributed by atoms with Gasteiger partial charge in [-0.15, -0.1) is 11.3 Å². The first-order valence-corrected chi connectivity index (χ1v) is 7.95. The van der Waals surface area contributed by atoms with Crippen molar-refractivity contribution in [1.82, 2.24) is 15.5 Å². The van der Waals surface area contributed by atoms with Crippen LogP contribution >= 0.6 is 11.3 Å². The standard InChI is InChI=1S/C17H17N3OS/c1-11-5-6-13(8-12(11)2)15-9-16(20-19-15)17(21)18-10-14-4-3-7-22-14/h3-9H,10H2,1-2H3,(H,18,21)(H,19,20). The average molecular weight is 311 g/mol. The van der Waals surface area contributed by atoms with Gasteiger partial charge >= 0.3 is 0 Å². The lowest BCUT2D eigenvalue weighted by atomic mass is 10.0. The highest BCUT2D eigenvalue weighted by Crippen LogP contribution is 2.21. The van der Waals surface area contributed by atoms with Crippen molar-refractivity contribution in [3.05, 3.63) is 63.5 Å². The predicted molar refractivity (Wildman–Crippen MR) is 89.0 cm³/mol. The number of hydrogen-bond acceptors (Lipinski definition) is 3. The third-order valence-electron chi connectivity index (χ3n) is 3.63. The SMILES string of the molecule is Cc1ccc(-c2cc(C(=O)NCc3cccs3)[nH]n2)cc1C. The third-order valence-corrected chi connectivity index (χ3v) is 4.50. The molecule has 1 aromatic carbocycles. The molecule has 2 aromatic heterocycles. The van der Waals surface area contributed by atoms with Crippen LogP contribution in [-0.4, -0.2) is 16.1 Å². The molecule has 0 saturated heterocycles. The molecule has 22 heavy (non-hydrogen) atoms. The summed E-state index contributed by atoms with van der Waals surface area (Å²) < 4.78 is 0. The van der Waals surface area contributed by atoms with Crippen molar-refractivity contribution >= 4 is 17.2 Å². The molecule has 4 nitrogen and oxygen atoms in total. The number of amides is 1. The van der Waals surface area contributed by atoms with Crippen LogP contribution < -0.4 is 5.32 Å². The van der Waals surface area contributed by atoms with Crippen molar-refractivity contribution < 1.29 is 4.79 Å². The second kappa shape index (κ2) is 6.15. The zero-order valence-corrected chi connectivity index (χ0v) is 13.3. The Hall–Kier alpha value is -2.40. The Kier molecular flexibility index (Phi) is 4.06. The van der Waals surface area contributed by atoms with Crippen LogP contribution in [0.3, 0.4) is 0 Å². The number of benzene rings is 1. The molecule has 3 aromatic rings. The van der Waals surface area contributed by atoms with Gasteiger partial charge in [-0.05, 0) is 48.6 Å². The van der Waals surface area contributed by atoms with Crippen molar-refractivity contribution in [2.75, 3.05) is 0 Å². The van der Waals surface area contributed by atoms with E-state index in [2.05, 4.69) is 41.5 Å². The summed E-state index contributed by atoms with van der Waals surface area (Å²) in [4.78, 5) is 13.3. The quantitative estimate of drug-likeness (QED) is 0.772. The monoisotopic (exact) mass is 311 g/mol. The van der Waals surface area contributed by atoms with Gasteiger partial charge in [0.25, 0.3) is 5.91 Å². The minimum Gasteiger partial charge on any atom is -0.346 e. The second-order valence-corrected chi connectivity index (χ2v) is 6.26. The van der Waals surface area contributed by atoms with E-state index < -0.39 is 0 Å². The summed E-state index contributed by atoms with van der Waals surface area (Å²) in [5, 5.41) is 11.9. The normalized spacial score (nSPS) is 10.6. The van der Waals surface area contributed by atoms with Crippen LogP contribution in [0.15, 0.2) is 41.8 Å². The Morgan fingerprint density at radius 2 is 2.09 bits per heavy atom. The van der Waals surface area contributed by atoms with Crippen molar-refractivity contribution in [2.45, 2.75) is 20.4 Å². The number of carbonyl (C=O) groups is 1. The molecule has 0 atom stereocenters. The van der Waals surface area contributed by atoms with Gasteiger partial charge in [0, 0.05) is 10.4 Å². The van der Waals surface area contributed by atoms with Crippen LogP contribution in [0.4, 0.5) is 0 Å². The molecular weight excluding hydrogens is 294 g/mol. The number of rotatable bonds is 4. The molecule has 0 bridgehead atoms. The molecule has 5 heteroatoms. The van der Waals surface area contributed by atoms with Crippen LogP contribution in [-0.2, 0) is 6.54 Å². The van der Waals surface area contributed by atoms with Crippen molar-refractivity contribution in [1.29, 1.82) is 0 Å². The number of aromatic amines is 1. The lowest BCUT2D eigenvalue weighted by Gasteiger charge is -2.02. The number of thiophene rings is 1. The van der Waals surface area contributed by atoms with Gasteiger partial charge in [0.05, 0.1) is 12.2 Å². The smallest absolute Gasteiger partial charge is 0.269 e. The van der Waals surface area contributed by atoms with Gasteiger partial charge < -0.3 is 5.32 Å². The minimum absolute atomic E-state index is 0.143. The van der Waals surface area contributed by atoms with E-state index >= 15 is 0 Å². The predicted octanol–water partition coefficient (Wildman–Crippen LogP) is 3.69. The van der Waals surface area contributed by atoms with Gasteiger partial charge in [0.1, 0.15) is 5.69 Å². The third kappa shape index (κ3) is 3.09. The average Bonchev–Trinajstić information content (AvgIpc) is 3.18. The molecule has 2 N–H and O–H groups in total. The Morgan fingerprint density at radius 1 is 1.23 bits per heavy atom. The summed E-state index contributed by atoms with van der Waals surface area (Å²) in [6.45, 7) is 4.68. The van der Waals surface area contributed by atoms with Gasteiger partial charge in [0.2, 0.25) is 0 Å². The largest absolute Gasteiger partial charge is 0.346 e. The van der Waals surface area contributed by atoms with Gasteiger partial charge in [-0.1, -0.05) is 18.2 Å². The summed E-state index contributed by atoms with van der Waals surface area (Å²) >= 11 is 1.62. The number of carbonyl (C=O) groups excluding carboxylic acids is 1. The van der Waals surface area contributed by atoms with Crippen LogP contribution in [0.1, 0.15) is 26.5 Å². The molecule has 0 radical (unpaired) electrons. The van der Waals surface area contributed by atoms with Crippen LogP contribution in [0.25, 0.3) is 11.3 Å². The highest BCUT2D eigenvalue weighted by Gasteiger charge is 2.11. The maximum Gasteiger partial charge on any atom is 0.269 e. The van der Waals surface area contributed by atoms with Crippen molar-refractivity contribution in [3.8, 4) is 11.3 Å². The summed E-state index contributed by atoms with van der Waals surface area (Å²) in [5.74, 6) is -0.143. The number of aryl methyl sites for hydroxylation is 2. The Balaban J connectivity index is 1.72. The summed E-state index contributed by atoms with van der Waals surface area (Å²) in [5.41, 5.74) is 4.73. The molecule has 2 heterocycles. The van der Waals surface area contributed by atoms with Crippen molar-refractivity contribution in [3.63, 3.8) is 0 Å². The molecule has 112 valence electrons. The second-order valence-electron chi connectivity index (χ2n) is 5.23. The zero-order valence-electron chi connectivity index (χ0n) is 12.5. The molecule has 0 unspecified atom stereocenters. The zero-order chi connectivity index (χ0) is 15.5. The Bertz CT molecular complexity index is 790. The summed E-state index contributed by atoms with van der Waals surface area (Å²) in [6.07, 6.45) is 0. The first-order valence-electron chi connectivity index (χ1n) is 7.07. The number of aromatic nitrogens is 2. The first kappa shape index (κ1) is 14.5. The number of H-pyrrole nitrogens is 1. The lowest BCUT2D eigenvalue weighted by Crippen LogP contribution is -2.22. The fraction of sp³-hybridized carbons (Fsp3) is 0.176. The minimum atomic E-state index is -0.143. The van der Waals surface area contributed by atoms with E-state index in [0.29, 0.717) is 12.2 Å². The van der Waals surface area contributed by atoms with Gasteiger partial charge in [-0.3, -0.25) is 9.89 Å². The van der Waals surface area contributed by atoms with Gasteiger partial charge in [-0.2, -0.15) is 5.10 Å². The number of nitrogens with zero attached hydrogens (tertiary/aromatic N) is 1. The summed E-state index contributed by atoms with van der Waals surface area (Å²) in [6, 6.07) is 11.9. The molecule has 0 aliphatic carbocycles. The van der Waals surface area contributed by atoms with E-state index in [1.807, 2.05) is 23.6 Å². The highest BCUT2D eigenvalue weighted by molar-refractivity contribution is 7.09. The maximum atomic E-state index is 12.1. The molecule has 0 aliphatic rings. The first-order chi connectivity index (χ1) is 10.6. The number of hydrogen-bond donors (Lipinski definition) is 2. The van der Waals surface area contributed by atoms with Crippen molar-refractivity contribution in [2.24, 2.45) is 0 Å². The van der Waals surface area contributed by atoms with Gasteiger partial charge in [-0.25, -0.2) is 0 Å². The van der Waals surface area contributed by atoms with Crippen LogP contribution in [0.5, 0.6) is 0 Å². The van der Waals surface area contributed by atoms with E-state index in [1.54, 1.807) is 17.4 Å². The van der Waals surface area contributed by atoms with E-state index in [1.165, 1.54) is 11.1 Å². The topological polar surface area (TPSA) is 57.8 Å². The number of nitrogens with one attached hydrogen (secondary N) is 2. The Labute approximate surface area is 133 Å². The van der Waals surface area contributed by atoms with E-state index in [-0.39, 0.29) is 5.91 Å². The molecule has 0 spiro atoms. The Morgan fingerprint density at radius 3 is 2.82 bits per heavy atom. The van der Waals surface area contributed by atoms with Gasteiger partial charge in [0.15, 0.2) is 0 Å². The highest BCUT2D eigenvalue weighted by atomic mass is 32.1. The van der Waals surface area contributed by atoms with Crippen LogP contribution in [0.2, 0.25) is 0 Å². The van der Waals surface area contributed by atoms with E-state index in [4.69, 9.17) is 0 Å². The summed E-state index contributed by atoms with van der Waals surface area (Å²) in [7, 11) is 0. The molecule has 1 amide bonds. The molecule has 0 fully saturated rings. The molecule has 0 saturated carbocycles. The van der Waals surface area contributed by atoms with E-state index in [0.717, 1.165) is 16.1 Å². The maximum absolute atomic E-state index is 12.1. The molecular formula is C17H17N3OS. The molecule has 3 rings (SSSR count). The lowest BCUT2D eigenvalue weighted by molar-refractivity contribution is 0.0946. The van der Waals surface area contributed by atoms with Crippen LogP contribution in [0, 0.1) is 13.8 Å². The van der Waals surface area contributed by atoms with E-state index in [9.17, 15) is 4.79 Å². The fourth-order valence-corrected chi connectivity index (χ4v) is 2.81. The fourth-order valence-electron chi connectivity index (χ4n) is 2.16.